The number of nitrogens with zero attached hydrogens (tertiary/aromatic N) is 2. The first kappa shape index (κ1) is 35.9. The highest BCUT2D eigenvalue weighted by molar-refractivity contribution is 9.10. The zero-order valence-corrected chi connectivity index (χ0v) is 30.3. The Morgan fingerprint density at radius 1 is 0.830 bits per heavy atom. The summed E-state index contributed by atoms with van der Waals surface area (Å²) in [5, 5.41) is 3.06. The lowest BCUT2D eigenvalue weighted by molar-refractivity contribution is -0.140. The van der Waals surface area contributed by atoms with Crippen LogP contribution in [0.5, 0.6) is 0 Å². The van der Waals surface area contributed by atoms with E-state index < -0.39 is 34.1 Å². The quantitative estimate of drug-likeness (QED) is 0.163. The van der Waals surface area contributed by atoms with E-state index >= 15 is 0 Å². The highest BCUT2D eigenvalue weighted by Crippen LogP contribution is 2.27. The van der Waals surface area contributed by atoms with Crippen molar-refractivity contribution in [3.63, 3.8) is 0 Å². The van der Waals surface area contributed by atoms with Gasteiger partial charge in [0.2, 0.25) is 11.8 Å². The number of amides is 2. The molecule has 0 aliphatic rings. The van der Waals surface area contributed by atoms with Crippen LogP contribution in [0.15, 0.2) is 112 Å². The van der Waals surface area contributed by atoms with Gasteiger partial charge in [-0.3, -0.25) is 13.9 Å². The summed E-state index contributed by atoms with van der Waals surface area (Å²) in [5.74, 6) is -0.578. The number of hydrogen-bond acceptors (Lipinski definition) is 4. The van der Waals surface area contributed by atoms with Gasteiger partial charge in [-0.25, -0.2) is 8.42 Å². The molecule has 1 atom stereocenters. The Balaban J connectivity index is 1.83. The monoisotopic (exact) mass is 717 g/mol. The molecule has 4 aromatic carbocycles. The Kier molecular flexibility index (Phi) is 11.7. The van der Waals surface area contributed by atoms with Crippen molar-refractivity contribution in [3.05, 3.63) is 130 Å². The average molecular weight is 719 g/mol. The number of hydrogen-bond donors (Lipinski definition) is 1. The van der Waals surface area contributed by atoms with Crippen LogP contribution in [0.2, 0.25) is 0 Å². The van der Waals surface area contributed by atoms with Gasteiger partial charge in [0.05, 0.1) is 10.6 Å². The summed E-state index contributed by atoms with van der Waals surface area (Å²) >= 11 is 3.52. The highest BCUT2D eigenvalue weighted by Gasteiger charge is 2.35. The van der Waals surface area contributed by atoms with Gasteiger partial charge in [0, 0.05) is 23.0 Å². The lowest BCUT2D eigenvalue weighted by atomic mass is 10.0. The Morgan fingerprint density at radius 3 is 2.02 bits per heavy atom. The Hall–Kier alpha value is -3.95. The van der Waals surface area contributed by atoms with Crippen molar-refractivity contribution in [2.24, 2.45) is 0 Å². The lowest BCUT2D eigenvalue weighted by Gasteiger charge is -2.35. The van der Waals surface area contributed by atoms with E-state index in [4.69, 9.17) is 0 Å². The second-order valence-electron chi connectivity index (χ2n) is 13.2. The smallest absolute Gasteiger partial charge is 0.264 e. The predicted molar refractivity (Wildman–Crippen MR) is 193 cm³/mol. The summed E-state index contributed by atoms with van der Waals surface area (Å²) in [5.41, 5.74) is 3.44. The largest absolute Gasteiger partial charge is 0.350 e. The number of nitrogens with one attached hydrogen (secondary N) is 1. The van der Waals surface area contributed by atoms with Crippen molar-refractivity contribution < 1.29 is 18.0 Å². The van der Waals surface area contributed by atoms with E-state index in [-0.39, 0.29) is 29.7 Å². The minimum absolute atomic E-state index is 0.0775. The first-order valence-electron chi connectivity index (χ1n) is 15.7. The number of carbonyl (C=O) groups excluding carboxylic acids is 2. The van der Waals surface area contributed by atoms with Crippen LogP contribution >= 0.6 is 15.9 Å². The minimum Gasteiger partial charge on any atom is -0.350 e. The molecule has 0 fully saturated rings. The predicted octanol–water partition coefficient (Wildman–Crippen LogP) is 7.63. The van der Waals surface area contributed by atoms with Crippen LogP contribution in [-0.4, -0.2) is 43.3 Å². The van der Waals surface area contributed by atoms with E-state index in [9.17, 15) is 18.0 Å². The minimum atomic E-state index is -4.17. The zero-order chi connectivity index (χ0) is 34.4. The fourth-order valence-electron chi connectivity index (χ4n) is 5.23. The molecule has 0 radical (unpaired) electrons. The number of carbonyl (C=O) groups is 2. The van der Waals surface area contributed by atoms with E-state index in [1.807, 2.05) is 94.4 Å². The lowest BCUT2D eigenvalue weighted by Crippen LogP contribution is -2.56. The molecule has 9 heteroatoms. The topological polar surface area (TPSA) is 86.8 Å². The van der Waals surface area contributed by atoms with E-state index in [0.29, 0.717) is 5.69 Å². The maximum atomic E-state index is 14.7. The first-order chi connectivity index (χ1) is 22.1. The number of anilines is 1. The Bertz CT molecular complexity index is 1770. The third kappa shape index (κ3) is 9.78. The zero-order valence-electron chi connectivity index (χ0n) is 27.9. The van der Waals surface area contributed by atoms with Crippen molar-refractivity contribution >= 4 is 43.5 Å². The molecule has 248 valence electrons. The average Bonchev–Trinajstić information content (AvgIpc) is 3.01. The third-order valence-electron chi connectivity index (χ3n) is 7.75. The van der Waals surface area contributed by atoms with Crippen LogP contribution < -0.4 is 9.62 Å². The molecule has 0 aromatic heterocycles. The molecule has 0 spiro atoms. The van der Waals surface area contributed by atoms with Crippen LogP contribution in [0, 0.1) is 6.92 Å². The summed E-state index contributed by atoms with van der Waals surface area (Å²) < 4.78 is 30.5. The van der Waals surface area contributed by atoms with Gasteiger partial charge in [-0.1, -0.05) is 102 Å². The van der Waals surface area contributed by atoms with E-state index in [1.54, 1.807) is 36.4 Å². The van der Waals surface area contributed by atoms with E-state index in [2.05, 4.69) is 35.1 Å². The second kappa shape index (κ2) is 15.3. The fraction of sp³-hybridized carbons (Fsp3) is 0.316. The molecule has 4 aromatic rings. The summed E-state index contributed by atoms with van der Waals surface area (Å²) in [7, 11) is -4.17. The summed E-state index contributed by atoms with van der Waals surface area (Å²) in [4.78, 5) is 30.3. The SMILES string of the molecule is Cc1ccc(S(=O)(=O)N(CC(=O)N(Cc2cccc(Br)c2)[C@@H](Cc2ccccc2)C(=O)NC(C)(C)C)c2ccc(C(C)C)cc2)cc1. The molecule has 0 unspecified atom stereocenters. The summed E-state index contributed by atoms with van der Waals surface area (Å²) in [6.07, 6.45) is 0.246. The Labute approximate surface area is 288 Å². The van der Waals surface area contributed by atoms with Gasteiger partial charge in [-0.2, -0.15) is 0 Å². The van der Waals surface area contributed by atoms with E-state index in [1.165, 1.54) is 4.90 Å². The van der Waals surface area contributed by atoms with Gasteiger partial charge in [-0.05, 0) is 86.7 Å². The van der Waals surface area contributed by atoms with E-state index in [0.717, 1.165) is 31.0 Å². The number of benzene rings is 4. The molecule has 1 N–H and O–H groups in total. The van der Waals surface area contributed by atoms with Gasteiger partial charge < -0.3 is 10.2 Å². The van der Waals surface area contributed by atoms with Crippen molar-refractivity contribution in [3.8, 4) is 0 Å². The molecule has 2 amide bonds. The van der Waals surface area contributed by atoms with Gasteiger partial charge in [0.25, 0.3) is 10.0 Å². The first-order valence-corrected chi connectivity index (χ1v) is 18.0. The molecule has 0 saturated heterocycles. The molecular formula is C38H44BrN3O4S. The molecular weight excluding hydrogens is 674 g/mol. The molecule has 0 aliphatic carbocycles. The third-order valence-corrected chi connectivity index (χ3v) is 10.0. The molecule has 47 heavy (non-hydrogen) atoms. The van der Waals surface area contributed by atoms with Crippen molar-refractivity contribution in [1.82, 2.24) is 10.2 Å². The van der Waals surface area contributed by atoms with Crippen molar-refractivity contribution in [2.45, 2.75) is 76.9 Å². The van der Waals surface area contributed by atoms with Crippen LogP contribution in [0.4, 0.5) is 5.69 Å². The molecule has 4 rings (SSSR count). The normalized spacial score (nSPS) is 12.4. The number of aryl methyl sites for hydroxylation is 1. The molecule has 0 aliphatic heterocycles. The van der Waals surface area contributed by atoms with Gasteiger partial charge in [-0.15, -0.1) is 0 Å². The fourth-order valence-corrected chi connectivity index (χ4v) is 7.09. The number of rotatable bonds is 12. The maximum absolute atomic E-state index is 14.7. The Morgan fingerprint density at radius 2 is 1.45 bits per heavy atom. The van der Waals surface area contributed by atoms with Gasteiger partial charge >= 0.3 is 0 Å². The maximum Gasteiger partial charge on any atom is 0.264 e. The molecule has 0 saturated carbocycles. The van der Waals surface area contributed by atoms with Gasteiger partial charge in [0.15, 0.2) is 0 Å². The second-order valence-corrected chi connectivity index (χ2v) is 15.9. The van der Waals surface area contributed by atoms with Crippen molar-refractivity contribution in [2.75, 3.05) is 10.8 Å². The van der Waals surface area contributed by atoms with Gasteiger partial charge in [0.1, 0.15) is 12.6 Å². The van der Waals surface area contributed by atoms with Crippen LogP contribution in [0.25, 0.3) is 0 Å². The summed E-state index contributed by atoms with van der Waals surface area (Å²) in [6.45, 7) is 11.3. The summed E-state index contributed by atoms with van der Waals surface area (Å²) in [6, 6.07) is 30.0. The molecule has 7 nitrogen and oxygen atoms in total. The highest BCUT2D eigenvalue weighted by atomic mass is 79.9. The number of sulfonamides is 1. The molecule has 0 heterocycles. The molecule has 0 bridgehead atoms. The van der Waals surface area contributed by atoms with Crippen molar-refractivity contribution in [1.29, 1.82) is 0 Å². The van der Waals surface area contributed by atoms with Crippen LogP contribution in [0.1, 0.15) is 62.8 Å². The standard InChI is InChI=1S/C38H44BrN3O4S/c1-27(2)31-17-19-33(20-18-31)42(47(45,46)34-21-15-28(3)16-22-34)26-36(43)41(25-30-13-10-14-32(39)23-30)35(37(44)40-38(4,5)6)24-29-11-8-7-9-12-29/h7-23,27,35H,24-26H2,1-6H3,(H,40,44)/t35-/m0/s1. The van der Waals surface area contributed by atoms with Crippen LogP contribution in [-0.2, 0) is 32.6 Å². The van der Waals surface area contributed by atoms with Crippen LogP contribution in [0.3, 0.4) is 0 Å². The number of halogens is 1.